The number of anilines is 1. The van der Waals surface area contributed by atoms with Gasteiger partial charge in [-0.05, 0) is 38.5 Å². The van der Waals surface area contributed by atoms with Crippen LogP contribution >= 0.6 is 0 Å². The van der Waals surface area contributed by atoms with Crippen LogP contribution in [0.2, 0.25) is 0 Å². The molecule has 1 aromatic heterocycles. The maximum atomic E-state index is 12.1. The number of fused-ring (bicyclic) bond motifs is 1. The largest absolute Gasteiger partial charge is 0.466 e. The van der Waals surface area contributed by atoms with Crippen molar-refractivity contribution in [3.8, 4) is 0 Å². The summed E-state index contributed by atoms with van der Waals surface area (Å²) in [6.07, 6.45) is 0.429. The lowest BCUT2D eigenvalue weighted by molar-refractivity contribution is -0.117. The van der Waals surface area contributed by atoms with E-state index in [0.29, 0.717) is 19.5 Å². The summed E-state index contributed by atoms with van der Waals surface area (Å²) in [6.45, 7) is 6.53. The number of furan rings is 1. The van der Waals surface area contributed by atoms with Crippen molar-refractivity contribution in [1.82, 2.24) is 10.6 Å². The number of urea groups is 1. The summed E-state index contributed by atoms with van der Waals surface area (Å²) in [5, 5.41) is 5.71. The van der Waals surface area contributed by atoms with Crippen LogP contribution in [-0.4, -0.2) is 25.0 Å². The van der Waals surface area contributed by atoms with E-state index in [1.807, 2.05) is 51.1 Å². The molecular formula is C19H23N3O3. The van der Waals surface area contributed by atoms with Crippen molar-refractivity contribution < 1.29 is 14.0 Å². The number of carbonyl (C=O) groups is 2. The maximum absolute atomic E-state index is 12.1. The molecule has 0 unspecified atom stereocenters. The first-order valence-electron chi connectivity index (χ1n) is 8.45. The van der Waals surface area contributed by atoms with Crippen molar-refractivity contribution in [3.63, 3.8) is 0 Å². The minimum atomic E-state index is -0.259. The Morgan fingerprint density at radius 2 is 2.08 bits per heavy atom. The van der Waals surface area contributed by atoms with Crippen LogP contribution in [0.1, 0.15) is 35.6 Å². The Bertz CT molecular complexity index is 797. The van der Waals surface area contributed by atoms with Gasteiger partial charge in [0.15, 0.2) is 0 Å². The molecule has 6 nitrogen and oxygen atoms in total. The molecule has 1 aliphatic heterocycles. The van der Waals surface area contributed by atoms with Gasteiger partial charge in [-0.1, -0.05) is 18.2 Å². The standard InChI is InChI=1S/C19H23N3O3/c1-12-10-16(14(3)25-12)13(2)21-19(24)20-8-9-22-17-7-5-4-6-15(17)11-18(22)23/h4-7,10,13H,8-9,11H2,1-3H3,(H2,20,21,24)/t13-/m0/s1. The summed E-state index contributed by atoms with van der Waals surface area (Å²) < 4.78 is 5.50. The number of benzene rings is 1. The molecule has 0 bridgehead atoms. The molecule has 6 heteroatoms. The Morgan fingerprint density at radius 1 is 1.32 bits per heavy atom. The Balaban J connectivity index is 1.50. The molecule has 0 saturated heterocycles. The van der Waals surface area contributed by atoms with Gasteiger partial charge in [0.1, 0.15) is 11.5 Å². The first-order valence-corrected chi connectivity index (χ1v) is 8.45. The number of nitrogens with zero attached hydrogens (tertiary/aromatic N) is 1. The van der Waals surface area contributed by atoms with Crippen LogP contribution in [0, 0.1) is 13.8 Å². The normalized spacial score (nSPS) is 14.4. The molecule has 0 spiro atoms. The average Bonchev–Trinajstić information content (AvgIpc) is 3.06. The molecule has 132 valence electrons. The maximum Gasteiger partial charge on any atom is 0.315 e. The van der Waals surface area contributed by atoms with Crippen molar-refractivity contribution in [2.24, 2.45) is 0 Å². The lowest BCUT2D eigenvalue weighted by atomic mass is 10.1. The summed E-state index contributed by atoms with van der Waals surface area (Å²) >= 11 is 0. The molecule has 1 atom stereocenters. The number of rotatable bonds is 5. The van der Waals surface area contributed by atoms with Gasteiger partial charge in [0.25, 0.3) is 0 Å². The molecule has 3 amide bonds. The van der Waals surface area contributed by atoms with Gasteiger partial charge < -0.3 is 20.0 Å². The van der Waals surface area contributed by atoms with E-state index in [1.54, 1.807) is 4.90 Å². The predicted octanol–water partition coefficient (Wildman–Crippen LogP) is 2.85. The average molecular weight is 341 g/mol. The molecule has 0 radical (unpaired) electrons. The number of hydrogen-bond donors (Lipinski definition) is 2. The van der Waals surface area contributed by atoms with Crippen molar-refractivity contribution in [3.05, 3.63) is 53.0 Å². The molecule has 0 saturated carbocycles. The first-order chi connectivity index (χ1) is 12.0. The van der Waals surface area contributed by atoms with Gasteiger partial charge in [0.2, 0.25) is 5.91 Å². The van der Waals surface area contributed by atoms with E-state index in [-0.39, 0.29) is 18.0 Å². The molecule has 25 heavy (non-hydrogen) atoms. The Labute approximate surface area is 147 Å². The van der Waals surface area contributed by atoms with Crippen molar-refractivity contribution >= 4 is 17.6 Å². The highest BCUT2D eigenvalue weighted by Crippen LogP contribution is 2.27. The Kier molecular flexibility index (Phi) is 4.79. The zero-order chi connectivity index (χ0) is 18.0. The second-order valence-corrected chi connectivity index (χ2v) is 6.34. The summed E-state index contributed by atoms with van der Waals surface area (Å²) in [4.78, 5) is 25.9. The van der Waals surface area contributed by atoms with E-state index in [0.717, 1.165) is 28.3 Å². The van der Waals surface area contributed by atoms with Gasteiger partial charge in [0, 0.05) is 24.3 Å². The van der Waals surface area contributed by atoms with E-state index in [4.69, 9.17) is 4.42 Å². The van der Waals surface area contributed by atoms with Gasteiger partial charge in [-0.25, -0.2) is 4.79 Å². The van der Waals surface area contributed by atoms with Gasteiger partial charge in [-0.3, -0.25) is 4.79 Å². The fourth-order valence-electron chi connectivity index (χ4n) is 3.25. The predicted molar refractivity (Wildman–Crippen MR) is 95.6 cm³/mol. The quantitative estimate of drug-likeness (QED) is 0.878. The highest BCUT2D eigenvalue weighted by molar-refractivity contribution is 6.01. The molecule has 1 aliphatic rings. The fraction of sp³-hybridized carbons (Fsp3) is 0.368. The van der Waals surface area contributed by atoms with Crippen LogP contribution in [0.5, 0.6) is 0 Å². The van der Waals surface area contributed by atoms with E-state index in [2.05, 4.69) is 10.6 Å². The third-order valence-electron chi connectivity index (χ3n) is 4.44. The van der Waals surface area contributed by atoms with Crippen molar-refractivity contribution in [1.29, 1.82) is 0 Å². The molecule has 2 N–H and O–H groups in total. The van der Waals surface area contributed by atoms with Gasteiger partial charge in [-0.15, -0.1) is 0 Å². The second-order valence-electron chi connectivity index (χ2n) is 6.34. The highest BCUT2D eigenvalue weighted by Gasteiger charge is 2.26. The van der Waals surface area contributed by atoms with Crippen LogP contribution in [0.4, 0.5) is 10.5 Å². The number of aryl methyl sites for hydroxylation is 2. The van der Waals surface area contributed by atoms with Gasteiger partial charge in [-0.2, -0.15) is 0 Å². The summed E-state index contributed by atoms with van der Waals surface area (Å²) in [5.74, 6) is 1.71. The molecule has 0 aliphatic carbocycles. The molecule has 2 aromatic rings. The summed E-state index contributed by atoms with van der Waals surface area (Å²) in [7, 11) is 0. The molecule has 0 fully saturated rings. The molecule has 1 aromatic carbocycles. The van der Waals surface area contributed by atoms with E-state index < -0.39 is 0 Å². The van der Waals surface area contributed by atoms with Crippen LogP contribution in [0.15, 0.2) is 34.7 Å². The number of para-hydroxylation sites is 1. The van der Waals surface area contributed by atoms with Gasteiger partial charge in [0.05, 0.1) is 12.5 Å². The Hall–Kier alpha value is -2.76. The SMILES string of the molecule is Cc1cc([C@H](C)NC(=O)NCCN2C(=O)Cc3ccccc32)c(C)o1. The van der Waals surface area contributed by atoms with Crippen molar-refractivity contribution in [2.45, 2.75) is 33.2 Å². The number of amides is 3. The second kappa shape index (κ2) is 7.01. The minimum absolute atomic E-state index is 0.0706. The highest BCUT2D eigenvalue weighted by atomic mass is 16.3. The summed E-state index contributed by atoms with van der Waals surface area (Å²) in [5.41, 5.74) is 2.94. The molecular weight excluding hydrogens is 318 g/mol. The lowest BCUT2D eigenvalue weighted by Crippen LogP contribution is -2.42. The summed E-state index contributed by atoms with van der Waals surface area (Å²) in [6, 6.07) is 9.28. The van der Waals surface area contributed by atoms with E-state index >= 15 is 0 Å². The van der Waals surface area contributed by atoms with Crippen LogP contribution in [0.3, 0.4) is 0 Å². The fourth-order valence-corrected chi connectivity index (χ4v) is 3.25. The number of nitrogens with one attached hydrogen (secondary N) is 2. The molecule has 3 rings (SSSR count). The zero-order valence-corrected chi connectivity index (χ0v) is 14.8. The lowest BCUT2D eigenvalue weighted by Gasteiger charge is -2.19. The number of carbonyl (C=O) groups excluding carboxylic acids is 2. The van der Waals surface area contributed by atoms with E-state index in [1.165, 1.54) is 0 Å². The van der Waals surface area contributed by atoms with Gasteiger partial charge >= 0.3 is 6.03 Å². The van der Waals surface area contributed by atoms with Crippen LogP contribution in [0.25, 0.3) is 0 Å². The topological polar surface area (TPSA) is 74.6 Å². The van der Waals surface area contributed by atoms with Crippen molar-refractivity contribution in [2.75, 3.05) is 18.0 Å². The number of hydrogen-bond acceptors (Lipinski definition) is 3. The minimum Gasteiger partial charge on any atom is -0.466 e. The molecule has 2 heterocycles. The monoisotopic (exact) mass is 341 g/mol. The van der Waals surface area contributed by atoms with E-state index in [9.17, 15) is 9.59 Å². The van der Waals surface area contributed by atoms with Crippen LogP contribution < -0.4 is 15.5 Å². The Morgan fingerprint density at radius 3 is 2.80 bits per heavy atom. The van der Waals surface area contributed by atoms with Crippen LogP contribution in [-0.2, 0) is 11.2 Å². The zero-order valence-electron chi connectivity index (χ0n) is 14.8. The third kappa shape index (κ3) is 3.68. The first kappa shape index (κ1) is 17.1. The third-order valence-corrected chi connectivity index (χ3v) is 4.44. The smallest absolute Gasteiger partial charge is 0.315 e.